The molecular formula is C22H27NO6. The lowest BCUT2D eigenvalue weighted by atomic mass is 9.80. The van der Waals surface area contributed by atoms with Crippen LogP contribution in [0, 0.1) is 0 Å². The van der Waals surface area contributed by atoms with E-state index in [1.807, 2.05) is 13.1 Å². The van der Waals surface area contributed by atoms with Crippen LogP contribution < -0.4 is 18.9 Å². The average Bonchev–Trinajstić information content (AvgIpc) is 3.17. The summed E-state index contributed by atoms with van der Waals surface area (Å²) in [5, 5.41) is 22.9. The maximum absolute atomic E-state index is 11.5. The van der Waals surface area contributed by atoms with Crippen LogP contribution in [0.4, 0.5) is 0 Å². The Bertz CT molecular complexity index is 926. The van der Waals surface area contributed by atoms with Gasteiger partial charge in [-0.05, 0) is 55.3 Å². The molecule has 7 heteroatoms. The number of hydrogen-bond donors (Lipinski definition) is 2. The summed E-state index contributed by atoms with van der Waals surface area (Å²) in [6, 6.07) is 7.23. The third-order valence-electron chi connectivity index (χ3n) is 5.85. The Hall–Kier alpha value is -2.48. The smallest absolute Gasteiger partial charge is 0.231 e. The molecule has 2 heterocycles. The second-order valence-corrected chi connectivity index (χ2v) is 7.77. The molecule has 0 saturated carbocycles. The first kappa shape index (κ1) is 19.8. The highest BCUT2D eigenvalue weighted by molar-refractivity contribution is 5.55. The van der Waals surface area contributed by atoms with Crippen LogP contribution in [0.5, 0.6) is 23.0 Å². The van der Waals surface area contributed by atoms with Crippen LogP contribution in [-0.4, -0.2) is 49.7 Å². The molecule has 0 unspecified atom stereocenters. The minimum atomic E-state index is -1.56. The van der Waals surface area contributed by atoms with E-state index in [1.54, 1.807) is 39.3 Å². The summed E-state index contributed by atoms with van der Waals surface area (Å²) in [4.78, 5) is 2.16. The highest BCUT2D eigenvalue weighted by Gasteiger charge is 2.39. The summed E-state index contributed by atoms with van der Waals surface area (Å²) in [7, 11) is 5.18. The zero-order valence-corrected chi connectivity index (χ0v) is 17.2. The molecule has 0 amide bonds. The van der Waals surface area contributed by atoms with Gasteiger partial charge >= 0.3 is 0 Å². The van der Waals surface area contributed by atoms with Crippen molar-refractivity contribution in [2.45, 2.75) is 31.6 Å². The lowest BCUT2D eigenvalue weighted by Gasteiger charge is -2.35. The second-order valence-electron chi connectivity index (χ2n) is 7.77. The molecule has 7 nitrogen and oxygen atoms in total. The van der Waals surface area contributed by atoms with E-state index in [1.165, 1.54) is 0 Å². The lowest BCUT2D eigenvalue weighted by Crippen LogP contribution is -2.35. The van der Waals surface area contributed by atoms with Crippen LogP contribution in [0.15, 0.2) is 24.3 Å². The third-order valence-corrected chi connectivity index (χ3v) is 5.85. The van der Waals surface area contributed by atoms with Crippen molar-refractivity contribution in [1.82, 2.24) is 4.90 Å². The topological polar surface area (TPSA) is 80.6 Å². The average molecular weight is 401 g/mol. The van der Waals surface area contributed by atoms with Crippen molar-refractivity contribution in [3.63, 3.8) is 0 Å². The van der Waals surface area contributed by atoms with Crippen LogP contribution in [0.2, 0.25) is 0 Å². The maximum Gasteiger partial charge on any atom is 0.231 e. The van der Waals surface area contributed by atoms with E-state index < -0.39 is 11.7 Å². The van der Waals surface area contributed by atoms with Crippen molar-refractivity contribution in [2.24, 2.45) is 0 Å². The van der Waals surface area contributed by atoms with Crippen LogP contribution in [0.25, 0.3) is 0 Å². The van der Waals surface area contributed by atoms with Gasteiger partial charge in [0.15, 0.2) is 23.0 Å². The molecule has 0 saturated heterocycles. The number of aliphatic hydroxyl groups is 2. The van der Waals surface area contributed by atoms with Crippen molar-refractivity contribution in [1.29, 1.82) is 0 Å². The first-order chi connectivity index (χ1) is 13.9. The second kappa shape index (κ2) is 7.40. The molecule has 0 radical (unpaired) electrons. The van der Waals surface area contributed by atoms with E-state index in [-0.39, 0.29) is 6.79 Å². The van der Waals surface area contributed by atoms with Gasteiger partial charge in [-0.3, -0.25) is 0 Å². The summed E-state index contributed by atoms with van der Waals surface area (Å²) >= 11 is 0. The molecule has 0 fully saturated rings. The zero-order chi connectivity index (χ0) is 20.8. The van der Waals surface area contributed by atoms with E-state index in [4.69, 9.17) is 18.9 Å². The summed E-state index contributed by atoms with van der Waals surface area (Å²) in [5.41, 5.74) is 1.39. The van der Waals surface area contributed by atoms with Crippen LogP contribution in [-0.2, 0) is 18.6 Å². The van der Waals surface area contributed by atoms with Crippen molar-refractivity contribution >= 4 is 0 Å². The van der Waals surface area contributed by atoms with Crippen molar-refractivity contribution in [2.75, 3.05) is 34.6 Å². The van der Waals surface area contributed by atoms with Gasteiger partial charge in [-0.1, -0.05) is 6.07 Å². The van der Waals surface area contributed by atoms with Gasteiger partial charge in [-0.15, -0.1) is 0 Å². The molecule has 2 aliphatic rings. The van der Waals surface area contributed by atoms with Crippen LogP contribution in [0.3, 0.4) is 0 Å². The van der Waals surface area contributed by atoms with Crippen LogP contribution >= 0.6 is 0 Å². The Morgan fingerprint density at radius 2 is 1.86 bits per heavy atom. The number of aliphatic hydroxyl groups excluding tert-OH is 1. The number of likely N-dealkylation sites (N-methyl/N-ethyl adjacent to an activating group) is 1. The molecule has 29 heavy (non-hydrogen) atoms. The Balaban J connectivity index is 1.91. The molecule has 2 aliphatic heterocycles. The molecular weight excluding hydrogens is 374 g/mol. The Labute approximate surface area is 170 Å². The van der Waals surface area contributed by atoms with Gasteiger partial charge in [-0.2, -0.15) is 0 Å². The minimum Gasteiger partial charge on any atom is -0.493 e. The molecule has 0 spiro atoms. The molecule has 156 valence electrons. The maximum atomic E-state index is 11.5. The quantitative estimate of drug-likeness (QED) is 0.800. The van der Waals surface area contributed by atoms with E-state index in [9.17, 15) is 10.2 Å². The van der Waals surface area contributed by atoms with Gasteiger partial charge in [-0.25, -0.2) is 0 Å². The first-order valence-corrected chi connectivity index (χ1v) is 9.62. The van der Waals surface area contributed by atoms with Crippen molar-refractivity contribution < 1.29 is 29.2 Å². The lowest BCUT2D eigenvalue weighted by molar-refractivity contribution is -0.0707. The van der Waals surface area contributed by atoms with E-state index in [0.29, 0.717) is 47.1 Å². The highest BCUT2D eigenvalue weighted by atomic mass is 16.7. The summed E-state index contributed by atoms with van der Waals surface area (Å²) in [5.74, 6) is 2.40. The molecule has 0 bridgehead atoms. The van der Waals surface area contributed by atoms with Crippen molar-refractivity contribution in [3.8, 4) is 23.0 Å². The fraction of sp³-hybridized carbons (Fsp3) is 0.455. The number of fused-ring (bicyclic) bond motifs is 3. The largest absolute Gasteiger partial charge is 0.493 e. The first-order valence-electron chi connectivity index (χ1n) is 9.62. The monoisotopic (exact) mass is 401 g/mol. The molecule has 0 aliphatic carbocycles. The van der Waals surface area contributed by atoms with E-state index in [2.05, 4.69) is 4.90 Å². The highest BCUT2D eigenvalue weighted by Crippen LogP contribution is 2.46. The Morgan fingerprint density at radius 1 is 1.14 bits per heavy atom. The standard InChI is InChI=1S/C22H27NO6/c1-22(25)16-5-6-17(26-3)20(27-4)15(16)11-23(2)8-7-13-9-18-19(29-12-28-18)10-14(13)21(22)24/h5-6,9-10,21,24-25H,7-8,11-12H2,1-4H3/t21-,22+/m1/s1. The van der Waals surface area contributed by atoms with Crippen molar-refractivity contribution in [3.05, 3.63) is 46.5 Å². The zero-order valence-electron chi connectivity index (χ0n) is 17.2. The van der Waals surface area contributed by atoms with Gasteiger partial charge in [0, 0.05) is 18.7 Å². The fourth-order valence-electron chi connectivity index (χ4n) is 4.20. The van der Waals surface area contributed by atoms with Gasteiger partial charge < -0.3 is 34.1 Å². The Morgan fingerprint density at radius 3 is 2.55 bits per heavy atom. The Kier molecular flexibility index (Phi) is 5.06. The molecule has 2 aromatic rings. The molecule has 2 N–H and O–H groups in total. The number of benzene rings is 2. The minimum absolute atomic E-state index is 0.157. The summed E-state index contributed by atoms with van der Waals surface area (Å²) < 4.78 is 22.1. The van der Waals surface area contributed by atoms with Crippen LogP contribution in [0.1, 0.15) is 35.3 Å². The van der Waals surface area contributed by atoms with E-state index >= 15 is 0 Å². The number of hydrogen-bond acceptors (Lipinski definition) is 7. The number of nitrogens with zero attached hydrogens (tertiary/aromatic N) is 1. The third kappa shape index (κ3) is 3.29. The predicted molar refractivity (Wildman–Crippen MR) is 107 cm³/mol. The molecule has 4 rings (SSSR count). The molecule has 2 aromatic carbocycles. The molecule has 2 atom stereocenters. The summed E-state index contributed by atoms with van der Waals surface area (Å²) in [6.07, 6.45) is -0.468. The molecule has 0 aromatic heterocycles. The normalized spacial score (nSPS) is 23.9. The SMILES string of the molecule is COc1ccc2c(c1OC)CN(C)CCc1cc3c(cc1[C@@H](O)[C@@]2(C)O)OCO3. The van der Waals surface area contributed by atoms with Gasteiger partial charge in [0.1, 0.15) is 11.7 Å². The fourth-order valence-corrected chi connectivity index (χ4v) is 4.20. The van der Waals surface area contributed by atoms with Gasteiger partial charge in [0.25, 0.3) is 0 Å². The van der Waals surface area contributed by atoms with Gasteiger partial charge in [0.05, 0.1) is 14.2 Å². The van der Waals surface area contributed by atoms with E-state index in [0.717, 1.165) is 17.7 Å². The number of ether oxygens (including phenoxy) is 4. The van der Waals surface area contributed by atoms with Gasteiger partial charge in [0.2, 0.25) is 6.79 Å². The summed E-state index contributed by atoms with van der Waals surface area (Å²) in [6.45, 7) is 3.07. The number of rotatable bonds is 2. The number of methoxy groups -OCH3 is 2. The predicted octanol–water partition coefficient (Wildman–Crippen LogP) is 2.36.